The quantitative estimate of drug-likeness (QED) is 0.838. The lowest BCUT2D eigenvalue weighted by Gasteiger charge is -2.20. The van der Waals surface area contributed by atoms with Crippen LogP contribution < -0.4 is 10.0 Å². The fraction of sp³-hybridized carbons (Fsp3) is 0.462. The van der Waals surface area contributed by atoms with Crippen LogP contribution in [-0.2, 0) is 10.0 Å². The number of nitrogens with one attached hydrogen (secondary N) is 2. The number of fused-ring (bicyclic) bond motifs is 1. The normalized spacial score (nSPS) is 26.9. The van der Waals surface area contributed by atoms with Crippen molar-refractivity contribution in [2.45, 2.75) is 17.7 Å². The van der Waals surface area contributed by atoms with Crippen molar-refractivity contribution in [3.8, 4) is 0 Å². The molecule has 2 heterocycles. The second-order valence-corrected chi connectivity index (χ2v) is 6.65. The molecule has 1 aromatic carbocycles. The van der Waals surface area contributed by atoms with Crippen molar-refractivity contribution in [1.82, 2.24) is 10.0 Å². The molecular formula is C13H17N3O2S. The van der Waals surface area contributed by atoms with Crippen LogP contribution in [0.4, 0.5) is 0 Å². The maximum absolute atomic E-state index is 11.9. The second-order valence-electron chi connectivity index (χ2n) is 5.00. The molecule has 0 saturated carbocycles. The maximum atomic E-state index is 11.9. The zero-order valence-electron chi connectivity index (χ0n) is 10.6. The Kier molecular flexibility index (Phi) is 3.28. The molecule has 1 atom stereocenters. The highest BCUT2D eigenvalue weighted by Gasteiger charge is 2.30. The lowest BCUT2D eigenvalue weighted by molar-refractivity contribution is 0.386. The van der Waals surface area contributed by atoms with Gasteiger partial charge in [-0.1, -0.05) is 12.1 Å². The standard InChI is InChI=1S/C13H17N3O2S/c17-19(18)12-6-2-1-5-11(12)13(16-19)15-9-10-4-3-7-14-8-10/h1-2,5-6,10,14H,3-4,7-9H2,(H,15,16)/t10-/m0/s1. The van der Waals surface area contributed by atoms with E-state index >= 15 is 0 Å². The minimum absolute atomic E-state index is 0.329. The summed E-state index contributed by atoms with van der Waals surface area (Å²) in [4.78, 5) is 4.80. The molecule has 5 nitrogen and oxygen atoms in total. The number of hydrogen-bond acceptors (Lipinski definition) is 4. The van der Waals surface area contributed by atoms with Crippen LogP contribution in [0.1, 0.15) is 18.4 Å². The molecule has 0 aliphatic carbocycles. The minimum Gasteiger partial charge on any atom is -0.316 e. The fourth-order valence-corrected chi connectivity index (χ4v) is 3.80. The molecule has 3 rings (SSSR count). The highest BCUT2D eigenvalue weighted by atomic mass is 32.2. The van der Waals surface area contributed by atoms with Crippen molar-refractivity contribution in [2.24, 2.45) is 10.9 Å². The van der Waals surface area contributed by atoms with E-state index in [-0.39, 0.29) is 0 Å². The molecule has 1 saturated heterocycles. The molecule has 0 unspecified atom stereocenters. The van der Waals surface area contributed by atoms with E-state index in [1.807, 2.05) is 6.07 Å². The summed E-state index contributed by atoms with van der Waals surface area (Å²) in [6, 6.07) is 6.97. The summed E-state index contributed by atoms with van der Waals surface area (Å²) < 4.78 is 26.4. The highest BCUT2D eigenvalue weighted by Crippen LogP contribution is 2.22. The number of aliphatic imine (C=N–C) groups is 1. The van der Waals surface area contributed by atoms with Gasteiger partial charge in [0.2, 0.25) is 0 Å². The van der Waals surface area contributed by atoms with Crippen LogP contribution in [0.25, 0.3) is 0 Å². The van der Waals surface area contributed by atoms with Crippen LogP contribution in [0.5, 0.6) is 0 Å². The summed E-state index contributed by atoms with van der Waals surface area (Å²) in [5.74, 6) is 0.986. The molecule has 2 N–H and O–H groups in total. The van der Waals surface area contributed by atoms with Crippen molar-refractivity contribution in [3.63, 3.8) is 0 Å². The average molecular weight is 279 g/mol. The molecule has 1 aromatic rings. The SMILES string of the molecule is O=S1(=O)NC(=NC[C@H]2CCCNC2)c2ccccc21. The van der Waals surface area contributed by atoms with Gasteiger partial charge in [-0.2, -0.15) is 0 Å². The molecule has 2 aliphatic heterocycles. The molecule has 0 bridgehead atoms. The van der Waals surface area contributed by atoms with Gasteiger partial charge in [0.05, 0.1) is 4.90 Å². The number of sulfonamides is 1. The van der Waals surface area contributed by atoms with Gasteiger partial charge in [-0.25, -0.2) is 8.42 Å². The van der Waals surface area contributed by atoms with Crippen molar-refractivity contribution in [1.29, 1.82) is 0 Å². The minimum atomic E-state index is -3.40. The number of hydrogen-bond donors (Lipinski definition) is 2. The van der Waals surface area contributed by atoms with Gasteiger partial charge in [-0.3, -0.25) is 9.71 Å². The first kappa shape index (κ1) is 12.6. The van der Waals surface area contributed by atoms with Crippen molar-refractivity contribution >= 4 is 15.9 Å². The predicted octanol–water partition coefficient (Wildman–Crippen LogP) is 0.725. The van der Waals surface area contributed by atoms with Gasteiger partial charge in [0.25, 0.3) is 10.0 Å². The van der Waals surface area contributed by atoms with Gasteiger partial charge < -0.3 is 5.32 Å². The predicted molar refractivity (Wildman–Crippen MR) is 73.8 cm³/mol. The van der Waals surface area contributed by atoms with Gasteiger partial charge in [-0.05, 0) is 44.0 Å². The summed E-state index contributed by atoms with van der Waals surface area (Å²) in [6.45, 7) is 2.70. The van der Waals surface area contributed by atoms with E-state index < -0.39 is 10.0 Å². The topological polar surface area (TPSA) is 70.6 Å². The third kappa shape index (κ3) is 2.50. The van der Waals surface area contributed by atoms with E-state index in [0.717, 1.165) is 25.9 Å². The first-order valence-electron chi connectivity index (χ1n) is 6.54. The molecule has 1 fully saturated rings. The average Bonchev–Trinajstić information content (AvgIpc) is 2.70. The number of amidine groups is 1. The molecule has 0 amide bonds. The van der Waals surface area contributed by atoms with E-state index in [1.165, 1.54) is 0 Å². The van der Waals surface area contributed by atoms with Gasteiger partial charge in [-0.15, -0.1) is 0 Å². The van der Waals surface area contributed by atoms with Crippen LogP contribution in [0.3, 0.4) is 0 Å². The Hall–Kier alpha value is -1.40. The van der Waals surface area contributed by atoms with E-state index in [9.17, 15) is 8.42 Å². The summed E-state index contributed by atoms with van der Waals surface area (Å²) in [6.07, 6.45) is 2.32. The monoisotopic (exact) mass is 279 g/mol. The Morgan fingerprint density at radius 1 is 1.32 bits per heavy atom. The zero-order valence-corrected chi connectivity index (χ0v) is 11.4. The van der Waals surface area contributed by atoms with Crippen molar-refractivity contribution < 1.29 is 8.42 Å². The summed E-state index contributed by atoms with van der Waals surface area (Å²) in [7, 11) is -3.40. The third-order valence-electron chi connectivity index (χ3n) is 3.57. The lowest BCUT2D eigenvalue weighted by Crippen LogP contribution is -2.32. The molecule has 6 heteroatoms. The largest absolute Gasteiger partial charge is 0.316 e. The summed E-state index contributed by atoms with van der Waals surface area (Å²) in [5, 5.41) is 3.34. The molecule has 2 aliphatic rings. The number of piperidine rings is 1. The Labute approximate surface area is 113 Å². The van der Waals surface area contributed by atoms with Crippen LogP contribution in [0, 0.1) is 5.92 Å². The van der Waals surface area contributed by atoms with Crippen molar-refractivity contribution in [2.75, 3.05) is 19.6 Å². The Balaban J connectivity index is 1.83. The third-order valence-corrected chi connectivity index (χ3v) is 4.97. The van der Waals surface area contributed by atoms with Crippen LogP contribution in [0.15, 0.2) is 34.2 Å². The van der Waals surface area contributed by atoms with Gasteiger partial charge in [0, 0.05) is 12.1 Å². The molecule has 19 heavy (non-hydrogen) atoms. The van der Waals surface area contributed by atoms with Crippen molar-refractivity contribution in [3.05, 3.63) is 29.8 Å². The van der Waals surface area contributed by atoms with E-state index in [1.54, 1.807) is 18.2 Å². The van der Waals surface area contributed by atoms with Crippen LogP contribution in [0.2, 0.25) is 0 Å². The van der Waals surface area contributed by atoms with Crippen LogP contribution >= 0.6 is 0 Å². The number of rotatable bonds is 2. The molecular weight excluding hydrogens is 262 g/mol. The maximum Gasteiger partial charge on any atom is 0.263 e. The number of benzene rings is 1. The highest BCUT2D eigenvalue weighted by molar-refractivity contribution is 7.90. The summed E-state index contributed by atoms with van der Waals surface area (Å²) in [5.41, 5.74) is 0.686. The smallest absolute Gasteiger partial charge is 0.263 e. The van der Waals surface area contributed by atoms with E-state index in [0.29, 0.717) is 28.8 Å². The Morgan fingerprint density at radius 3 is 2.95 bits per heavy atom. The first-order valence-corrected chi connectivity index (χ1v) is 8.02. The molecule has 0 radical (unpaired) electrons. The van der Waals surface area contributed by atoms with Gasteiger partial charge >= 0.3 is 0 Å². The first-order chi connectivity index (χ1) is 9.17. The molecule has 0 aromatic heterocycles. The number of nitrogens with zero attached hydrogens (tertiary/aromatic N) is 1. The van der Waals surface area contributed by atoms with Crippen LogP contribution in [-0.4, -0.2) is 33.9 Å². The lowest BCUT2D eigenvalue weighted by atomic mass is 10.00. The molecule has 102 valence electrons. The van der Waals surface area contributed by atoms with Gasteiger partial charge in [0.15, 0.2) is 0 Å². The second kappa shape index (κ2) is 4.94. The Morgan fingerprint density at radius 2 is 2.16 bits per heavy atom. The summed E-state index contributed by atoms with van der Waals surface area (Å²) >= 11 is 0. The zero-order chi connectivity index (χ0) is 13.3. The Bertz CT molecular complexity index is 604. The van der Waals surface area contributed by atoms with E-state index in [4.69, 9.17) is 0 Å². The molecule has 0 spiro atoms. The van der Waals surface area contributed by atoms with Gasteiger partial charge in [0.1, 0.15) is 5.84 Å². The van der Waals surface area contributed by atoms with E-state index in [2.05, 4.69) is 15.0 Å². The fourth-order valence-electron chi connectivity index (χ4n) is 2.55.